The smallest absolute Gasteiger partial charge is 0.262 e. The van der Waals surface area contributed by atoms with Gasteiger partial charge in [-0.15, -0.1) is 0 Å². The summed E-state index contributed by atoms with van der Waals surface area (Å²) < 4.78 is 33.7. The summed E-state index contributed by atoms with van der Waals surface area (Å²) in [5.41, 5.74) is 1.52. The molecule has 9 heteroatoms. The molecule has 164 valence electrons. The summed E-state index contributed by atoms with van der Waals surface area (Å²) in [7, 11) is -3.87. The first-order chi connectivity index (χ1) is 14.5. The van der Waals surface area contributed by atoms with E-state index >= 15 is 0 Å². The van der Waals surface area contributed by atoms with Gasteiger partial charge < -0.3 is 9.84 Å². The van der Waals surface area contributed by atoms with Gasteiger partial charge in [-0.25, -0.2) is 8.42 Å². The molecule has 0 aliphatic rings. The van der Waals surface area contributed by atoms with E-state index in [0.29, 0.717) is 17.3 Å². The predicted molar refractivity (Wildman–Crippen MR) is 117 cm³/mol. The van der Waals surface area contributed by atoms with Crippen molar-refractivity contribution in [1.82, 2.24) is 15.5 Å². The molecule has 0 saturated carbocycles. The van der Waals surface area contributed by atoms with Gasteiger partial charge >= 0.3 is 0 Å². The summed E-state index contributed by atoms with van der Waals surface area (Å²) in [5.74, 6) is 0.353. The van der Waals surface area contributed by atoms with Gasteiger partial charge in [0.25, 0.3) is 15.9 Å². The van der Waals surface area contributed by atoms with Crippen LogP contribution in [0.15, 0.2) is 51.9 Å². The fourth-order valence-corrected chi connectivity index (χ4v) is 4.26. The lowest BCUT2D eigenvalue weighted by atomic mass is 9.97. The number of carbonyl (C=O) groups excluding carboxylic acids is 1. The van der Waals surface area contributed by atoms with Crippen LogP contribution in [0.2, 0.25) is 0 Å². The number of amides is 1. The minimum Gasteiger partial charge on any atom is -0.345 e. The Morgan fingerprint density at radius 2 is 1.81 bits per heavy atom. The molecule has 3 rings (SSSR count). The number of aryl methyl sites for hydroxylation is 2. The van der Waals surface area contributed by atoms with Gasteiger partial charge in [-0.3, -0.25) is 9.52 Å². The minimum absolute atomic E-state index is 0.0521. The zero-order chi connectivity index (χ0) is 22.8. The number of benzene rings is 2. The van der Waals surface area contributed by atoms with Crippen LogP contribution < -0.4 is 10.0 Å². The summed E-state index contributed by atoms with van der Waals surface area (Å²) in [5, 5.41) is 6.58. The number of hydrogen-bond donors (Lipinski definition) is 2. The van der Waals surface area contributed by atoms with E-state index in [1.54, 1.807) is 43.3 Å². The highest BCUT2D eigenvalue weighted by molar-refractivity contribution is 7.92. The molecule has 2 N–H and O–H groups in total. The molecular formula is C22H26N4O4S. The Hall–Kier alpha value is -3.20. The van der Waals surface area contributed by atoms with Crippen LogP contribution in [0.25, 0.3) is 0 Å². The molecule has 1 heterocycles. The second kappa shape index (κ2) is 8.50. The van der Waals surface area contributed by atoms with Crippen LogP contribution in [0, 0.1) is 13.8 Å². The van der Waals surface area contributed by atoms with Crippen molar-refractivity contribution in [3.05, 3.63) is 70.9 Å². The topological polar surface area (TPSA) is 114 Å². The number of sulfonamides is 1. The second-order valence-electron chi connectivity index (χ2n) is 8.37. The molecule has 2 aromatic carbocycles. The normalized spacial score (nSPS) is 11.9. The second-order valence-corrected chi connectivity index (χ2v) is 10.0. The molecule has 3 aromatic rings. The monoisotopic (exact) mass is 442 g/mol. The van der Waals surface area contributed by atoms with Crippen LogP contribution in [-0.2, 0) is 22.0 Å². The predicted octanol–water partition coefficient (Wildman–Crippen LogP) is 3.71. The Morgan fingerprint density at radius 1 is 1.10 bits per heavy atom. The molecule has 0 unspecified atom stereocenters. The molecular weight excluding hydrogens is 416 g/mol. The third kappa shape index (κ3) is 5.29. The number of nitrogens with one attached hydrogen (secondary N) is 2. The van der Waals surface area contributed by atoms with Crippen molar-refractivity contribution < 1.29 is 17.7 Å². The lowest BCUT2D eigenvalue weighted by Crippen LogP contribution is -2.25. The van der Waals surface area contributed by atoms with Crippen LogP contribution in [0.1, 0.15) is 54.0 Å². The number of hydrogen-bond acceptors (Lipinski definition) is 6. The van der Waals surface area contributed by atoms with Crippen molar-refractivity contribution in [3.8, 4) is 0 Å². The molecule has 0 aliphatic carbocycles. The number of aromatic nitrogens is 2. The van der Waals surface area contributed by atoms with Crippen molar-refractivity contribution in [2.24, 2.45) is 0 Å². The molecule has 0 atom stereocenters. The van der Waals surface area contributed by atoms with Gasteiger partial charge in [0.2, 0.25) is 5.89 Å². The number of para-hydroxylation sites is 1. The standard InChI is InChI=1S/C22H26N4O4S/c1-14-10-11-15(2)18(12-14)31(28,29)26-17-9-7-6-8-16(17)20(27)23-13-19-24-21(30-25-19)22(3,4)5/h6-12,26H,13H2,1-5H3,(H,23,27). The Balaban J connectivity index is 1.79. The Morgan fingerprint density at radius 3 is 2.48 bits per heavy atom. The zero-order valence-electron chi connectivity index (χ0n) is 18.2. The SMILES string of the molecule is Cc1ccc(C)c(S(=O)(=O)Nc2ccccc2C(=O)NCc2noc(C(C)(C)C)n2)c1. The molecule has 0 saturated heterocycles. The van der Waals surface area contributed by atoms with Crippen molar-refractivity contribution in [1.29, 1.82) is 0 Å². The highest BCUT2D eigenvalue weighted by atomic mass is 32.2. The van der Waals surface area contributed by atoms with E-state index in [-0.39, 0.29) is 28.1 Å². The van der Waals surface area contributed by atoms with Crippen molar-refractivity contribution in [2.45, 2.75) is 51.5 Å². The summed E-state index contributed by atoms with van der Waals surface area (Å²) >= 11 is 0. The van der Waals surface area contributed by atoms with Crippen LogP contribution in [-0.4, -0.2) is 24.5 Å². The van der Waals surface area contributed by atoms with Gasteiger partial charge in [-0.2, -0.15) is 4.98 Å². The molecule has 0 radical (unpaired) electrons. The molecule has 31 heavy (non-hydrogen) atoms. The van der Waals surface area contributed by atoms with Gasteiger partial charge in [0, 0.05) is 5.41 Å². The molecule has 0 aliphatic heterocycles. The first-order valence-electron chi connectivity index (χ1n) is 9.78. The first-order valence-corrected chi connectivity index (χ1v) is 11.3. The van der Waals surface area contributed by atoms with E-state index in [9.17, 15) is 13.2 Å². The van der Waals surface area contributed by atoms with E-state index in [0.717, 1.165) is 5.56 Å². The fourth-order valence-electron chi connectivity index (χ4n) is 2.85. The van der Waals surface area contributed by atoms with Crippen LogP contribution in [0.4, 0.5) is 5.69 Å². The number of nitrogens with zero attached hydrogens (tertiary/aromatic N) is 2. The number of anilines is 1. The third-order valence-electron chi connectivity index (χ3n) is 4.57. The molecule has 0 spiro atoms. The van der Waals surface area contributed by atoms with Crippen molar-refractivity contribution >= 4 is 21.6 Å². The van der Waals surface area contributed by atoms with Gasteiger partial charge in [-0.05, 0) is 43.2 Å². The molecule has 1 amide bonds. The summed E-state index contributed by atoms with van der Waals surface area (Å²) in [6, 6.07) is 11.6. The quantitative estimate of drug-likeness (QED) is 0.601. The maximum Gasteiger partial charge on any atom is 0.262 e. The lowest BCUT2D eigenvalue weighted by molar-refractivity contribution is 0.0950. The fraction of sp³-hybridized carbons (Fsp3) is 0.318. The summed E-state index contributed by atoms with van der Waals surface area (Å²) in [4.78, 5) is 17.2. The average Bonchev–Trinajstić information content (AvgIpc) is 3.17. The van der Waals surface area contributed by atoms with E-state index in [2.05, 4.69) is 20.2 Å². The first kappa shape index (κ1) is 22.5. The van der Waals surface area contributed by atoms with Gasteiger partial charge in [0.15, 0.2) is 5.82 Å². The Labute approximate surface area is 182 Å². The number of carbonyl (C=O) groups is 1. The van der Waals surface area contributed by atoms with E-state index in [1.807, 2.05) is 33.8 Å². The largest absolute Gasteiger partial charge is 0.345 e. The van der Waals surface area contributed by atoms with E-state index < -0.39 is 15.9 Å². The van der Waals surface area contributed by atoms with E-state index in [4.69, 9.17) is 4.52 Å². The maximum atomic E-state index is 13.0. The Bertz CT molecular complexity index is 1210. The van der Waals surface area contributed by atoms with Crippen molar-refractivity contribution in [3.63, 3.8) is 0 Å². The van der Waals surface area contributed by atoms with Gasteiger partial charge in [-0.1, -0.05) is 50.2 Å². The average molecular weight is 443 g/mol. The summed E-state index contributed by atoms with van der Waals surface area (Å²) in [6.45, 7) is 9.44. The Kier molecular flexibility index (Phi) is 6.17. The van der Waals surface area contributed by atoms with E-state index in [1.165, 1.54) is 0 Å². The lowest BCUT2D eigenvalue weighted by Gasteiger charge is -2.14. The summed E-state index contributed by atoms with van der Waals surface area (Å²) in [6.07, 6.45) is 0. The molecule has 0 fully saturated rings. The van der Waals surface area contributed by atoms with Crippen LogP contribution >= 0.6 is 0 Å². The van der Waals surface area contributed by atoms with Crippen molar-refractivity contribution in [2.75, 3.05) is 4.72 Å². The third-order valence-corrected chi connectivity index (χ3v) is 6.07. The van der Waals surface area contributed by atoms with Crippen LogP contribution in [0.3, 0.4) is 0 Å². The zero-order valence-corrected chi connectivity index (χ0v) is 19.0. The molecule has 1 aromatic heterocycles. The minimum atomic E-state index is -3.87. The number of rotatable bonds is 6. The highest BCUT2D eigenvalue weighted by Crippen LogP contribution is 2.23. The highest BCUT2D eigenvalue weighted by Gasteiger charge is 2.23. The van der Waals surface area contributed by atoms with Crippen LogP contribution in [0.5, 0.6) is 0 Å². The van der Waals surface area contributed by atoms with Gasteiger partial charge in [0.05, 0.1) is 22.7 Å². The molecule has 8 nitrogen and oxygen atoms in total. The van der Waals surface area contributed by atoms with Gasteiger partial charge in [0.1, 0.15) is 0 Å². The maximum absolute atomic E-state index is 13.0. The molecule has 0 bridgehead atoms.